The molecule has 130 valence electrons. The lowest BCUT2D eigenvalue weighted by molar-refractivity contribution is 0.0381. The van der Waals surface area contributed by atoms with E-state index < -0.39 is 0 Å². The second kappa shape index (κ2) is 8.07. The first-order valence-corrected chi connectivity index (χ1v) is 10.3. The Morgan fingerprint density at radius 1 is 1.46 bits per heavy atom. The van der Waals surface area contributed by atoms with Crippen LogP contribution in [0.5, 0.6) is 0 Å². The van der Waals surface area contributed by atoms with Crippen molar-refractivity contribution in [1.29, 1.82) is 0 Å². The molecule has 0 amide bonds. The molecule has 24 heavy (non-hydrogen) atoms. The monoisotopic (exact) mass is 410 g/mol. The van der Waals surface area contributed by atoms with Gasteiger partial charge in [0.25, 0.3) is 0 Å². The van der Waals surface area contributed by atoms with Crippen LogP contribution in [0.3, 0.4) is 0 Å². The van der Waals surface area contributed by atoms with Crippen LogP contribution in [0.15, 0.2) is 40.4 Å². The molecule has 1 aromatic carbocycles. The number of ether oxygens (including phenoxy) is 2. The van der Waals surface area contributed by atoms with E-state index in [1.807, 2.05) is 23.9 Å². The number of carbonyl (C=O) groups excluding carboxylic acids is 1. The molecule has 1 aliphatic heterocycles. The third-order valence-corrected chi connectivity index (χ3v) is 6.71. The van der Waals surface area contributed by atoms with Gasteiger partial charge in [0.1, 0.15) is 4.93 Å². The fourth-order valence-electron chi connectivity index (χ4n) is 3.68. The molecule has 2 fully saturated rings. The topological polar surface area (TPSA) is 35.5 Å². The zero-order chi connectivity index (χ0) is 17.0. The molecule has 2 atom stereocenters. The fourth-order valence-corrected chi connectivity index (χ4v) is 5.34. The van der Waals surface area contributed by atoms with E-state index >= 15 is 0 Å². The van der Waals surface area contributed by atoms with E-state index in [2.05, 4.69) is 28.9 Å². The molecule has 1 spiro atoms. The molecule has 1 aromatic rings. The maximum atomic E-state index is 12.1. The Kier molecular flexibility index (Phi) is 6.06. The molecule has 3 rings (SSSR count). The van der Waals surface area contributed by atoms with E-state index in [1.54, 1.807) is 12.1 Å². The van der Waals surface area contributed by atoms with Crippen molar-refractivity contribution in [3.63, 3.8) is 0 Å². The first-order chi connectivity index (χ1) is 11.6. The summed E-state index contributed by atoms with van der Waals surface area (Å²) >= 11 is 5.31. The van der Waals surface area contributed by atoms with Gasteiger partial charge in [-0.1, -0.05) is 22.0 Å². The minimum absolute atomic E-state index is 0.104. The molecule has 0 bridgehead atoms. The quantitative estimate of drug-likeness (QED) is 0.504. The number of hydrogen-bond donors (Lipinski definition) is 0. The Labute approximate surface area is 156 Å². The molecule has 2 unspecified atom stereocenters. The summed E-state index contributed by atoms with van der Waals surface area (Å²) in [5.41, 5.74) is 2.00. The minimum Gasteiger partial charge on any atom is -0.462 e. The van der Waals surface area contributed by atoms with Crippen molar-refractivity contribution >= 4 is 33.7 Å². The fraction of sp³-hybridized carbons (Fsp3) is 0.526. The van der Waals surface area contributed by atoms with Crippen LogP contribution in [0.25, 0.3) is 0 Å². The van der Waals surface area contributed by atoms with Crippen LogP contribution >= 0.6 is 27.7 Å². The number of halogens is 1. The van der Waals surface area contributed by atoms with Crippen LogP contribution in [0.1, 0.15) is 43.0 Å². The molecule has 3 nitrogen and oxygen atoms in total. The third-order valence-electron chi connectivity index (χ3n) is 4.78. The summed E-state index contributed by atoms with van der Waals surface area (Å²) in [6, 6.07) is 7.27. The van der Waals surface area contributed by atoms with Gasteiger partial charge in [0, 0.05) is 10.2 Å². The summed E-state index contributed by atoms with van der Waals surface area (Å²) in [6.45, 7) is 3.40. The molecule has 0 N–H and O–H groups in total. The van der Waals surface area contributed by atoms with Crippen molar-refractivity contribution in [1.82, 2.24) is 0 Å². The molecule has 1 saturated carbocycles. The standard InChI is InChI=1S/C19H23BrO3S/c1-2-17-14(4-3-10-19(17)23-12-13-24-19)9-11-22-18(21)15-5-7-16(20)8-6-15/h2,5-8,14H,3-4,9-13H2,1H3. The van der Waals surface area contributed by atoms with E-state index in [4.69, 9.17) is 9.47 Å². The highest BCUT2D eigenvalue weighted by Gasteiger charge is 2.44. The lowest BCUT2D eigenvalue weighted by Gasteiger charge is -2.39. The molecule has 2 aliphatic rings. The largest absolute Gasteiger partial charge is 0.462 e. The van der Waals surface area contributed by atoms with Gasteiger partial charge in [-0.3, -0.25) is 0 Å². The number of thioether (sulfide) groups is 1. The predicted molar refractivity (Wildman–Crippen MR) is 101 cm³/mol. The summed E-state index contributed by atoms with van der Waals surface area (Å²) in [5, 5.41) is 0. The number of esters is 1. The van der Waals surface area contributed by atoms with Gasteiger partial charge in [-0.15, -0.1) is 11.8 Å². The van der Waals surface area contributed by atoms with E-state index in [1.165, 1.54) is 12.0 Å². The van der Waals surface area contributed by atoms with Gasteiger partial charge in [-0.05, 0) is 68.4 Å². The van der Waals surface area contributed by atoms with Crippen LogP contribution in [0, 0.1) is 5.92 Å². The van der Waals surface area contributed by atoms with E-state index in [-0.39, 0.29) is 10.9 Å². The van der Waals surface area contributed by atoms with E-state index in [0.29, 0.717) is 18.1 Å². The maximum Gasteiger partial charge on any atom is 0.338 e. The summed E-state index contributed by atoms with van der Waals surface area (Å²) in [7, 11) is 0. The first kappa shape index (κ1) is 18.0. The van der Waals surface area contributed by atoms with Crippen LogP contribution in [-0.4, -0.2) is 29.9 Å². The summed E-state index contributed by atoms with van der Waals surface area (Å²) < 4.78 is 12.5. The number of carbonyl (C=O) groups is 1. The Morgan fingerprint density at radius 3 is 2.92 bits per heavy atom. The van der Waals surface area contributed by atoms with Crippen molar-refractivity contribution < 1.29 is 14.3 Å². The summed E-state index contributed by atoms with van der Waals surface area (Å²) in [5.74, 6) is 1.27. The van der Waals surface area contributed by atoms with Gasteiger partial charge < -0.3 is 9.47 Å². The highest BCUT2D eigenvalue weighted by molar-refractivity contribution is 9.10. The van der Waals surface area contributed by atoms with Crippen LogP contribution in [-0.2, 0) is 9.47 Å². The molecular formula is C19H23BrO3S. The second-order valence-corrected chi connectivity index (χ2v) is 8.49. The summed E-state index contributed by atoms with van der Waals surface area (Å²) in [6.07, 6.45) is 6.52. The van der Waals surface area contributed by atoms with Gasteiger partial charge in [-0.25, -0.2) is 4.79 Å². The molecule has 0 radical (unpaired) electrons. The smallest absolute Gasteiger partial charge is 0.338 e. The van der Waals surface area contributed by atoms with Crippen LogP contribution in [0.4, 0.5) is 0 Å². The second-order valence-electron chi connectivity index (χ2n) is 6.21. The minimum atomic E-state index is -0.249. The average Bonchev–Trinajstić information content (AvgIpc) is 3.04. The predicted octanol–water partition coefficient (Wildman–Crippen LogP) is 5.20. The average molecular weight is 411 g/mol. The molecule has 1 aliphatic carbocycles. The first-order valence-electron chi connectivity index (χ1n) is 8.52. The van der Waals surface area contributed by atoms with Gasteiger partial charge in [0.15, 0.2) is 0 Å². The molecule has 1 heterocycles. The lowest BCUT2D eigenvalue weighted by atomic mass is 9.79. The molecular weight excluding hydrogens is 388 g/mol. The number of benzene rings is 1. The van der Waals surface area contributed by atoms with Gasteiger partial charge in [-0.2, -0.15) is 0 Å². The number of rotatable bonds is 4. The van der Waals surface area contributed by atoms with Crippen molar-refractivity contribution in [2.45, 2.75) is 37.5 Å². The Bertz CT molecular complexity index is 606. The van der Waals surface area contributed by atoms with Gasteiger partial charge >= 0.3 is 5.97 Å². The lowest BCUT2D eigenvalue weighted by Crippen LogP contribution is -2.35. The highest BCUT2D eigenvalue weighted by Crippen LogP contribution is 2.50. The molecule has 0 aromatic heterocycles. The molecule has 5 heteroatoms. The van der Waals surface area contributed by atoms with Crippen LogP contribution < -0.4 is 0 Å². The molecule has 1 saturated heterocycles. The van der Waals surface area contributed by atoms with Crippen molar-refractivity contribution in [3.05, 3.63) is 46.0 Å². The van der Waals surface area contributed by atoms with Crippen LogP contribution in [0.2, 0.25) is 0 Å². The van der Waals surface area contributed by atoms with Crippen molar-refractivity contribution in [2.75, 3.05) is 19.0 Å². The van der Waals surface area contributed by atoms with E-state index in [9.17, 15) is 4.79 Å². The number of hydrogen-bond acceptors (Lipinski definition) is 4. The zero-order valence-corrected chi connectivity index (χ0v) is 16.3. The Balaban J connectivity index is 1.56. The summed E-state index contributed by atoms with van der Waals surface area (Å²) in [4.78, 5) is 12.0. The third kappa shape index (κ3) is 3.89. The number of allylic oxidation sites excluding steroid dienone is 1. The zero-order valence-electron chi connectivity index (χ0n) is 13.9. The van der Waals surface area contributed by atoms with Gasteiger partial charge in [0.05, 0.1) is 18.8 Å². The maximum absolute atomic E-state index is 12.1. The Morgan fingerprint density at radius 2 is 2.25 bits per heavy atom. The normalized spacial score (nSPS) is 28.4. The Hall–Kier alpha value is -0.780. The SMILES string of the molecule is CC=C1C(CCOC(=O)c2ccc(Br)cc2)CCCC12OCCS2. The highest BCUT2D eigenvalue weighted by atomic mass is 79.9. The van der Waals surface area contributed by atoms with Gasteiger partial charge in [0.2, 0.25) is 0 Å². The van der Waals surface area contributed by atoms with E-state index in [0.717, 1.165) is 36.1 Å². The van der Waals surface area contributed by atoms with Crippen molar-refractivity contribution in [3.8, 4) is 0 Å². The van der Waals surface area contributed by atoms with Crippen molar-refractivity contribution in [2.24, 2.45) is 5.92 Å².